The maximum absolute atomic E-state index is 14.0. The lowest BCUT2D eigenvalue weighted by molar-refractivity contribution is 0.0596. The molecule has 0 bridgehead atoms. The van der Waals surface area contributed by atoms with Crippen molar-refractivity contribution in [2.24, 2.45) is 0 Å². The van der Waals surface area contributed by atoms with Gasteiger partial charge in [0.1, 0.15) is 5.56 Å². The van der Waals surface area contributed by atoms with Crippen LogP contribution in [-0.2, 0) is 11.2 Å². The Morgan fingerprint density at radius 2 is 2.20 bits per heavy atom. The SMILES string of the molecule is COC(=O)c1cc(CC2CCCCN2)cc(F)c1OC. The van der Waals surface area contributed by atoms with Crippen LogP contribution in [0.25, 0.3) is 0 Å². The Labute approximate surface area is 118 Å². The van der Waals surface area contributed by atoms with Gasteiger partial charge < -0.3 is 14.8 Å². The van der Waals surface area contributed by atoms with Crippen LogP contribution in [0.2, 0.25) is 0 Å². The Hall–Kier alpha value is -1.62. The summed E-state index contributed by atoms with van der Waals surface area (Å²) in [7, 11) is 2.61. The Balaban J connectivity index is 2.25. The van der Waals surface area contributed by atoms with Gasteiger partial charge in [0.2, 0.25) is 0 Å². The molecule has 0 radical (unpaired) electrons. The van der Waals surface area contributed by atoms with E-state index in [9.17, 15) is 9.18 Å². The second-order valence-electron chi connectivity index (χ2n) is 5.00. The molecule has 1 atom stereocenters. The Bertz CT molecular complexity index is 484. The summed E-state index contributed by atoms with van der Waals surface area (Å²) in [6, 6.07) is 3.42. The van der Waals surface area contributed by atoms with Crippen LogP contribution in [0.15, 0.2) is 12.1 Å². The van der Waals surface area contributed by atoms with Crippen LogP contribution in [-0.4, -0.2) is 32.8 Å². The van der Waals surface area contributed by atoms with Crippen molar-refractivity contribution in [1.82, 2.24) is 5.32 Å². The van der Waals surface area contributed by atoms with Crippen molar-refractivity contribution in [2.75, 3.05) is 20.8 Å². The van der Waals surface area contributed by atoms with Gasteiger partial charge >= 0.3 is 5.97 Å². The summed E-state index contributed by atoms with van der Waals surface area (Å²) >= 11 is 0. The number of hydrogen-bond acceptors (Lipinski definition) is 4. The average Bonchev–Trinajstić information content (AvgIpc) is 2.47. The number of hydrogen-bond donors (Lipinski definition) is 1. The molecule has 0 saturated carbocycles. The Morgan fingerprint density at radius 3 is 2.80 bits per heavy atom. The van der Waals surface area contributed by atoms with Crippen molar-refractivity contribution < 1.29 is 18.7 Å². The van der Waals surface area contributed by atoms with Crippen molar-refractivity contribution in [3.63, 3.8) is 0 Å². The van der Waals surface area contributed by atoms with Crippen LogP contribution >= 0.6 is 0 Å². The maximum Gasteiger partial charge on any atom is 0.341 e. The van der Waals surface area contributed by atoms with Gasteiger partial charge in [0.05, 0.1) is 14.2 Å². The number of piperidine rings is 1. The topological polar surface area (TPSA) is 47.6 Å². The molecular weight excluding hydrogens is 261 g/mol. The van der Waals surface area contributed by atoms with Gasteiger partial charge in [-0.3, -0.25) is 0 Å². The molecule has 1 fully saturated rings. The number of methoxy groups -OCH3 is 2. The summed E-state index contributed by atoms with van der Waals surface area (Å²) in [6.45, 7) is 0.993. The summed E-state index contributed by atoms with van der Waals surface area (Å²) in [4.78, 5) is 11.7. The normalized spacial score (nSPS) is 18.6. The third kappa shape index (κ3) is 3.28. The number of carbonyl (C=O) groups excluding carboxylic acids is 1. The first kappa shape index (κ1) is 14.8. The van der Waals surface area contributed by atoms with E-state index in [-0.39, 0.29) is 11.3 Å². The molecule has 20 heavy (non-hydrogen) atoms. The van der Waals surface area contributed by atoms with Crippen molar-refractivity contribution in [3.05, 3.63) is 29.1 Å². The number of nitrogens with one attached hydrogen (secondary N) is 1. The largest absolute Gasteiger partial charge is 0.493 e. The third-order valence-corrected chi connectivity index (χ3v) is 3.61. The number of rotatable bonds is 4. The number of esters is 1. The molecular formula is C15H20FNO3. The minimum Gasteiger partial charge on any atom is -0.493 e. The monoisotopic (exact) mass is 281 g/mol. The zero-order valence-electron chi connectivity index (χ0n) is 11.9. The van der Waals surface area contributed by atoms with Crippen molar-refractivity contribution in [1.29, 1.82) is 0 Å². The van der Waals surface area contributed by atoms with Gasteiger partial charge in [-0.15, -0.1) is 0 Å². The van der Waals surface area contributed by atoms with E-state index in [0.29, 0.717) is 12.5 Å². The van der Waals surface area contributed by atoms with Gasteiger partial charge in [0.25, 0.3) is 0 Å². The van der Waals surface area contributed by atoms with E-state index in [1.807, 2.05) is 0 Å². The minimum atomic E-state index is -0.584. The summed E-state index contributed by atoms with van der Waals surface area (Å²) in [5.74, 6) is -1.17. The van der Waals surface area contributed by atoms with Gasteiger partial charge in [-0.05, 0) is 43.5 Å². The fourth-order valence-corrected chi connectivity index (χ4v) is 2.62. The molecule has 1 aliphatic heterocycles. The van der Waals surface area contributed by atoms with Crippen molar-refractivity contribution >= 4 is 5.97 Å². The zero-order chi connectivity index (χ0) is 14.5. The van der Waals surface area contributed by atoms with Gasteiger partial charge in [-0.2, -0.15) is 0 Å². The maximum atomic E-state index is 14.0. The molecule has 0 amide bonds. The molecule has 4 nitrogen and oxygen atoms in total. The third-order valence-electron chi connectivity index (χ3n) is 3.61. The average molecular weight is 281 g/mol. The molecule has 2 rings (SSSR count). The standard InChI is InChI=1S/C15H20FNO3/c1-19-14-12(15(18)20-2)8-10(9-13(14)16)7-11-5-3-4-6-17-11/h8-9,11,17H,3-7H2,1-2H3. The Kier molecular flexibility index (Phi) is 4.95. The quantitative estimate of drug-likeness (QED) is 0.860. The van der Waals surface area contributed by atoms with Crippen LogP contribution < -0.4 is 10.1 Å². The van der Waals surface area contributed by atoms with E-state index in [0.717, 1.165) is 18.5 Å². The van der Waals surface area contributed by atoms with Gasteiger partial charge in [0.15, 0.2) is 11.6 Å². The minimum absolute atomic E-state index is 0.0581. The van der Waals surface area contributed by atoms with E-state index in [2.05, 4.69) is 10.1 Å². The van der Waals surface area contributed by atoms with Crippen LogP contribution in [0.4, 0.5) is 4.39 Å². The van der Waals surface area contributed by atoms with Crippen LogP contribution in [0.3, 0.4) is 0 Å². The number of benzene rings is 1. The molecule has 1 aliphatic rings. The highest BCUT2D eigenvalue weighted by Gasteiger charge is 2.20. The first-order valence-corrected chi connectivity index (χ1v) is 6.83. The fraction of sp³-hybridized carbons (Fsp3) is 0.533. The van der Waals surface area contributed by atoms with E-state index in [1.54, 1.807) is 6.07 Å². The lowest BCUT2D eigenvalue weighted by Gasteiger charge is -2.23. The van der Waals surface area contributed by atoms with E-state index in [4.69, 9.17) is 4.74 Å². The molecule has 0 aliphatic carbocycles. The summed E-state index contributed by atoms with van der Waals surface area (Å²) in [5.41, 5.74) is 0.920. The molecule has 1 saturated heterocycles. The van der Waals surface area contributed by atoms with Gasteiger partial charge in [0, 0.05) is 6.04 Å². The summed E-state index contributed by atoms with van der Waals surface area (Å²) < 4.78 is 23.6. The highest BCUT2D eigenvalue weighted by molar-refractivity contribution is 5.92. The predicted molar refractivity (Wildman–Crippen MR) is 73.6 cm³/mol. The first-order valence-electron chi connectivity index (χ1n) is 6.83. The van der Waals surface area contributed by atoms with Gasteiger partial charge in [-0.1, -0.05) is 6.42 Å². The summed E-state index contributed by atoms with van der Waals surface area (Å²) in [5, 5.41) is 3.41. The first-order chi connectivity index (χ1) is 9.65. The number of ether oxygens (including phenoxy) is 2. The van der Waals surface area contributed by atoms with E-state index in [1.165, 1.54) is 33.1 Å². The van der Waals surface area contributed by atoms with Crippen LogP contribution in [0.5, 0.6) is 5.75 Å². The second-order valence-corrected chi connectivity index (χ2v) is 5.00. The summed E-state index contributed by atoms with van der Waals surface area (Å²) in [6.07, 6.45) is 4.13. The van der Waals surface area contributed by atoms with Gasteiger partial charge in [-0.25, -0.2) is 9.18 Å². The fourth-order valence-electron chi connectivity index (χ4n) is 2.62. The molecule has 5 heteroatoms. The van der Waals surface area contributed by atoms with Crippen molar-refractivity contribution in [3.8, 4) is 5.75 Å². The Morgan fingerprint density at radius 1 is 1.40 bits per heavy atom. The second kappa shape index (κ2) is 6.70. The molecule has 1 N–H and O–H groups in total. The zero-order valence-corrected chi connectivity index (χ0v) is 11.9. The number of halogens is 1. The molecule has 1 aromatic carbocycles. The smallest absolute Gasteiger partial charge is 0.341 e. The molecule has 0 aromatic heterocycles. The van der Waals surface area contributed by atoms with Crippen molar-refractivity contribution in [2.45, 2.75) is 31.7 Å². The van der Waals surface area contributed by atoms with E-state index < -0.39 is 11.8 Å². The highest BCUT2D eigenvalue weighted by atomic mass is 19.1. The molecule has 0 spiro atoms. The number of carbonyl (C=O) groups is 1. The molecule has 110 valence electrons. The molecule has 1 aromatic rings. The van der Waals surface area contributed by atoms with Crippen LogP contribution in [0, 0.1) is 5.82 Å². The highest BCUT2D eigenvalue weighted by Crippen LogP contribution is 2.26. The predicted octanol–water partition coefficient (Wildman–Crippen LogP) is 2.31. The lowest BCUT2D eigenvalue weighted by atomic mass is 9.96. The molecule has 1 unspecified atom stereocenters. The van der Waals surface area contributed by atoms with Crippen LogP contribution in [0.1, 0.15) is 35.2 Å². The lowest BCUT2D eigenvalue weighted by Crippen LogP contribution is -2.35. The molecule has 1 heterocycles. The van der Waals surface area contributed by atoms with E-state index >= 15 is 0 Å².